The Morgan fingerprint density at radius 1 is 1.12 bits per heavy atom. The van der Waals surface area contributed by atoms with E-state index in [1.807, 2.05) is 31.2 Å². The number of amides is 1. The monoisotopic (exact) mass is 341 g/mol. The van der Waals surface area contributed by atoms with Gasteiger partial charge in [-0.3, -0.25) is 4.79 Å². The minimum absolute atomic E-state index is 0.00687. The number of benzene rings is 1. The molecular weight excluding hydrogens is 314 g/mol. The molecule has 4 nitrogen and oxygen atoms in total. The molecule has 1 aromatic rings. The molecule has 4 aliphatic carbocycles. The Labute approximate surface area is 149 Å². The summed E-state index contributed by atoms with van der Waals surface area (Å²) in [6, 6.07) is 6.95. The third kappa shape index (κ3) is 3.07. The molecule has 0 aliphatic heterocycles. The first-order valence-corrected chi connectivity index (χ1v) is 9.53. The molecule has 4 heteroatoms. The Morgan fingerprint density at radius 3 is 2.20 bits per heavy atom. The van der Waals surface area contributed by atoms with Gasteiger partial charge in [-0.05, 0) is 74.3 Å². The molecule has 4 fully saturated rings. The number of carboxylic acid groups (broad SMARTS) is 1. The van der Waals surface area contributed by atoms with Crippen LogP contribution >= 0.6 is 0 Å². The van der Waals surface area contributed by atoms with E-state index in [9.17, 15) is 14.7 Å². The minimum atomic E-state index is -0.943. The Hall–Kier alpha value is -1.84. The van der Waals surface area contributed by atoms with E-state index in [2.05, 4.69) is 5.32 Å². The minimum Gasteiger partial charge on any atom is -0.480 e. The maximum absolute atomic E-state index is 13.1. The Morgan fingerprint density at radius 2 is 1.68 bits per heavy atom. The zero-order valence-electron chi connectivity index (χ0n) is 14.8. The van der Waals surface area contributed by atoms with Crippen molar-refractivity contribution in [3.63, 3.8) is 0 Å². The van der Waals surface area contributed by atoms with Crippen LogP contribution in [-0.4, -0.2) is 23.0 Å². The predicted molar refractivity (Wildman–Crippen MR) is 95.1 cm³/mol. The van der Waals surface area contributed by atoms with Crippen LogP contribution in [0.1, 0.15) is 49.7 Å². The number of carbonyl (C=O) groups is 2. The largest absolute Gasteiger partial charge is 0.480 e. The quantitative estimate of drug-likeness (QED) is 0.863. The predicted octanol–water partition coefficient (Wildman–Crippen LogP) is 3.32. The van der Waals surface area contributed by atoms with E-state index in [0.717, 1.165) is 30.4 Å². The van der Waals surface area contributed by atoms with Crippen molar-refractivity contribution in [3.8, 4) is 0 Å². The van der Waals surface area contributed by atoms with E-state index in [1.54, 1.807) is 0 Å². The SMILES string of the molecule is Cc1ccccc1C[C@H](NC(=O)C12CC3CC(CC(C3)C1)C2)C(=O)O. The van der Waals surface area contributed by atoms with Crippen molar-refractivity contribution in [1.82, 2.24) is 5.32 Å². The van der Waals surface area contributed by atoms with Crippen LogP contribution in [0.15, 0.2) is 24.3 Å². The van der Waals surface area contributed by atoms with E-state index in [0.29, 0.717) is 24.2 Å². The summed E-state index contributed by atoms with van der Waals surface area (Å²) in [4.78, 5) is 24.9. The van der Waals surface area contributed by atoms with Crippen LogP contribution in [0.2, 0.25) is 0 Å². The summed E-state index contributed by atoms with van der Waals surface area (Å²) in [5.41, 5.74) is 1.76. The fraction of sp³-hybridized carbons (Fsp3) is 0.619. The highest BCUT2D eigenvalue weighted by Crippen LogP contribution is 2.60. The van der Waals surface area contributed by atoms with Gasteiger partial charge >= 0.3 is 5.97 Å². The van der Waals surface area contributed by atoms with E-state index < -0.39 is 12.0 Å². The Bertz CT molecular complexity index is 661. The summed E-state index contributed by atoms with van der Waals surface area (Å²) in [6.07, 6.45) is 7.05. The van der Waals surface area contributed by atoms with E-state index >= 15 is 0 Å². The van der Waals surface area contributed by atoms with Crippen LogP contribution in [0.4, 0.5) is 0 Å². The number of hydrogen-bond acceptors (Lipinski definition) is 2. The third-order valence-electron chi connectivity index (χ3n) is 6.81. The second-order valence-corrected chi connectivity index (χ2v) is 8.69. The van der Waals surface area contributed by atoms with Gasteiger partial charge in [-0.15, -0.1) is 0 Å². The summed E-state index contributed by atoms with van der Waals surface area (Å²) in [7, 11) is 0. The fourth-order valence-electron chi connectivity index (χ4n) is 5.96. The smallest absolute Gasteiger partial charge is 0.326 e. The number of hydrogen-bond donors (Lipinski definition) is 2. The second kappa shape index (κ2) is 6.15. The summed E-state index contributed by atoms with van der Waals surface area (Å²) in [5.74, 6) is 1.08. The molecule has 0 saturated heterocycles. The van der Waals surface area contributed by atoms with Gasteiger partial charge in [-0.25, -0.2) is 4.79 Å². The molecule has 1 amide bonds. The maximum atomic E-state index is 13.1. The molecule has 0 unspecified atom stereocenters. The van der Waals surface area contributed by atoms with Gasteiger partial charge in [0.2, 0.25) is 5.91 Å². The molecule has 0 aromatic heterocycles. The van der Waals surface area contributed by atoms with Crippen molar-refractivity contribution in [3.05, 3.63) is 35.4 Å². The number of aliphatic carboxylic acids is 1. The first kappa shape index (κ1) is 16.6. The number of aryl methyl sites for hydroxylation is 1. The zero-order valence-corrected chi connectivity index (χ0v) is 14.8. The van der Waals surface area contributed by atoms with Crippen LogP contribution in [-0.2, 0) is 16.0 Å². The number of rotatable bonds is 5. The van der Waals surface area contributed by atoms with Crippen LogP contribution < -0.4 is 5.32 Å². The van der Waals surface area contributed by atoms with Crippen molar-refractivity contribution in [1.29, 1.82) is 0 Å². The van der Waals surface area contributed by atoms with Gasteiger partial charge in [0.05, 0.1) is 0 Å². The molecule has 4 saturated carbocycles. The lowest BCUT2D eigenvalue weighted by Gasteiger charge is -2.55. The van der Waals surface area contributed by atoms with Crippen molar-refractivity contribution in [2.45, 2.75) is 57.9 Å². The average Bonchev–Trinajstić information content (AvgIpc) is 2.54. The highest BCUT2D eigenvalue weighted by molar-refractivity contribution is 5.88. The van der Waals surface area contributed by atoms with Gasteiger partial charge in [0.15, 0.2) is 0 Å². The van der Waals surface area contributed by atoms with Gasteiger partial charge in [-0.2, -0.15) is 0 Å². The van der Waals surface area contributed by atoms with Crippen molar-refractivity contribution < 1.29 is 14.7 Å². The molecule has 0 spiro atoms. The van der Waals surface area contributed by atoms with E-state index in [4.69, 9.17) is 0 Å². The number of nitrogens with one attached hydrogen (secondary N) is 1. The lowest BCUT2D eigenvalue weighted by molar-refractivity contribution is -0.151. The summed E-state index contributed by atoms with van der Waals surface area (Å²) < 4.78 is 0. The molecule has 1 atom stereocenters. The molecule has 2 N–H and O–H groups in total. The molecule has 25 heavy (non-hydrogen) atoms. The summed E-state index contributed by atoms with van der Waals surface area (Å²) in [5, 5.41) is 12.6. The van der Waals surface area contributed by atoms with Crippen LogP contribution in [0.5, 0.6) is 0 Å². The van der Waals surface area contributed by atoms with Crippen LogP contribution in [0.3, 0.4) is 0 Å². The third-order valence-corrected chi connectivity index (χ3v) is 6.81. The van der Waals surface area contributed by atoms with Gasteiger partial charge < -0.3 is 10.4 Å². The topological polar surface area (TPSA) is 66.4 Å². The number of carboxylic acids is 1. The highest BCUT2D eigenvalue weighted by Gasteiger charge is 2.54. The van der Waals surface area contributed by atoms with E-state index in [1.165, 1.54) is 19.3 Å². The van der Waals surface area contributed by atoms with Crippen LogP contribution in [0.25, 0.3) is 0 Å². The molecule has 4 bridgehead atoms. The summed E-state index contributed by atoms with van der Waals surface area (Å²) in [6.45, 7) is 1.98. The van der Waals surface area contributed by atoms with Crippen LogP contribution in [0, 0.1) is 30.1 Å². The molecule has 5 rings (SSSR count). The number of carbonyl (C=O) groups excluding carboxylic acids is 1. The van der Waals surface area contributed by atoms with E-state index in [-0.39, 0.29) is 11.3 Å². The van der Waals surface area contributed by atoms with Crippen molar-refractivity contribution in [2.24, 2.45) is 23.2 Å². The molecule has 0 heterocycles. The van der Waals surface area contributed by atoms with Crippen molar-refractivity contribution >= 4 is 11.9 Å². The standard InChI is InChI=1S/C21H27NO3/c1-13-4-2-3-5-17(13)9-18(19(23)24)22-20(25)21-10-14-6-15(11-21)8-16(7-14)12-21/h2-5,14-16,18H,6-12H2,1H3,(H,22,25)(H,23,24)/t14?,15?,16?,18-,21?/m0/s1. The lowest BCUT2D eigenvalue weighted by atomic mass is 9.49. The first-order valence-electron chi connectivity index (χ1n) is 9.53. The molecule has 1 aromatic carbocycles. The van der Waals surface area contributed by atoms with Gasteiger partial charge in [0, 0.05) is 11.8 Å². The van der Waals surface area contributed by atoms with Gasteiger partial charge in [-0.1, -0.05) is 24.3 Å². The zero-order chi connectivity index (χ0) is 17.6. The first-order chi connectivity index (χ1) is 11.9. The maximum Gasteiger partial charge on any atom is 0.326 e. The lowest BCUT2D eigenvalue weighted by Crippen LogP contribution is -2.56. The second-order valence-electron chi connectivity index (χ2n) is 8.69. The molecule has 4 aliphatic rings. The summed E-state index contributed by atoms with van der Waals surface area (Å²) >= 11 is 0. The highest BCUT2D eigenvalue weighted by atomic mass is 16.4. The normalized spacial score (nSPS) is 33.9. The molecular formula is C21H27NO3. The van der Waals surface area contributed by atoms with Gasteiger partial charge in [0.1, 0.15) is 6.04 Å². The average molecular weight is 341 g/mol. The Kier molecular flexibility index (Phi) is 4.09. The van der Waals surface area contributed by atoms with Crippen molar-refractivity contribution in [2.75, 3.05) is 0 Å². The molecule has 134 valence electrons. The van der Waals surface area contributed by atoms with Gasteiger partial charge in [0.25, 0.3) is 0 Å². The fourth-order valence-corrected chi connectivity index (χ4v) is 5.96. The Balaban J connectivity index is 1.50. The molecule has 0 radical (unpaired) electrons.